The second-order valence-electron chi connectivity index (χ2n) is 5.94. The average molecular weight is 291 g/mol. The van der Waals surface area contributed by atoms with Crippen molar-refractivity contribution in [3.05, 3.63) is 30.1 Å². The summed E-state index contributed by atoms with van der Waals surface area (Å²) in [4.78, 5) is 19.1. The zero-order valence-corrected chi connectivity index (χ0v) is 13.0. The number of likely N-dealkylation sites (tertiary alicyclic amines) is 1. The highest BCUT2D eigenvalue weighted by Gasteiger charge is 2.37. The molecule has 1 aliphatic rings. The zero-order chi connectivity index (χ0) is 15.1. The smallest absolute Gasteiger partial charge is 0.227 e. The lowest BCUT2D eigenvalue weighted by atomic mass is 9.81. The van der Waals surface area contributed by atoms with Crippen LogP contribution in [0.4, 0.5) is 0 Å². The summed E-state index contributed by atoms with van der Waals surface area (Å²) in [6, 6.07) is 5.96. The van der Waals surface area contributed by atoms with E-state index >= 15 is 0 Å². The van der Waals surface area contributed by atoms with E-state index in [4.69, 9.17) is 4.74 Å². The number of hydrogen-bond donors (Lipinski definition) is 1. The molecule has 1 aromatic rings. The van der Waals surface area contributed by atoms with Gasteiger partial charge in [-0.05, 0) is 38.4 Å². The third-order valence-electron chi connectivity index (χ3n) is 4.03. The summed E-state index contributed by atoms with van der Waals surface area (Å²) in [7, 11) is 1.64. The van der Waals surface area contributed by atoms with Crippen molar-refractivity contribution in [1.29, 1.82) is 0 Å². The predicted octanol–water partition coefficient (Wildman–Crippen LogP) is 1.45. The number of amides is 1. The fourth-order valence-electron chi connectivity index (χ4n) is 2.87. The van der Waals surface area contributed by atoms with Crippen molar-refractivity contribution < 1.29 is 9.53 Å². The van der Waals surface area contributed by atoms with Gasteiger partial charge in [-0.3, -0.25) is 14.7 Å². The molecule has 1 fully saturated rings. The summed E-state index contributed by atoms with van der Waals surface area (Å²) in [5.74, 6) is 0.130. The molecule has 0 radical (unpaired) electrons. The van der Waals surface area contributed by atoms with Crippen molar-refractivity contribution in [2.24, 2.45) is 5.41 Å². The maximum Gasteiger partial charge on any atom is 0.227 e. The summed E-state index contributed by atoms with van der Waals surface area (Å²) in [5.41, 5.74) is 0.738. The van der Waals surface area contributed by atoms with E-state index < -0.39 is 0 Å². The van der Waals surface area contributed by atoms with Crippen LogP contribution in [0.3, 0.4) is 0 Å². The largest absolute Gasteiger partial charge is 0.383 e. The molecule has 2 rings (SSSR count). The van der Waals surface area contributed by atoms with Crippen LogP contribution in [-0.2, 0) is 16.1 Å². The minimum absolute atomic E-state index is 0.130. The lowest BCUT2D eigenvalue weighted by Gasteiger charge is -2.39. The molecule has 116 valence electrons. The van der Waals surface area contributed by atoms with Gasteiger partial charge in [0.25, 0.3) is 0 Å². The van der Waals surface area contributed by atoms with Crippen LogP contribution in [0.1, 0.15) is 25.5 Å². The SMILES string of the molecule is COCCNC(=O)C1(C)CCCN(Cc2ccccn2)C1. The molecule has 1 atom stereocenters. The van der Waals surface area contributed by atoms with Gasteiger partial charge in [0.2, 0.25) is 5.91 Å². The van der Waals surface area contributed by atoms with Crippen LogP contribution in [0, 0.1) is 5.41 Å². The minimum Gasteiger partial charge on any atom is -0.383 e. The maximum absolute atomic E-state index is 12.4. The molecule has 5 nitrogen and oxygen atoms in total. The van der Waals surface area contributed by atoms with Crippen molar-refractivity contribution >= 4 is 5.91 Å². The molecule has 1 amide bonds. The first-order valence-electron chi connectivity index (χ1n) is 7.53. The highest BCUT2D eigenvalue weighted by molar-refractivity contribution is 5.82. The lowest BCUT2D eigenvalue weighted by Crippen LogP contribution is -2.50. The van der Waals surface area contributed by atoms with Crippen molar-refractivity contribution in [3.8, 4) is 0 Å². The molecule has 1 N–H and O–H groups in total. The maximum atomic E-state index is 12.4. The first-order chi connectivity index (χ1) is 10.1. The number of hydrogen-bond acceptors (Lipinski definition) is 4. The topological polar surface area (TPSA) is 54.5 Å². The Hall–Kier alpha value is -1.46. The van der Waals surface area contributed by atoms with Gasteiger partial charge in [-0.2, -0.15) is 0 Å². The number of rotatable bonds is 6. The fourth-order valence-corrected chi connectivity index (χ4v) is 2.87. The van der Waals surface area contributed by atoms with Gasteiger partial charge in [0.05, 0.1) is 17.7 Å². The summed E-state index contributed by atoms with van der Waals surface area (Å²) in [6.45, 7) is 5.80. The molecular formula is C16H25N3O2. The molecule has 1 aromatic heterocycles. The molecule has 0 spiro atoms. The average Bonchev–Trinajstić information content (AvgIpc) is 2.48. The van der Waals surface area contributed by atoms with Crippen LogP contribution in [0.5, 0.6) is 0 Å². The number of piperidine rings is 1. The number of carbonyl (C=O) groups is 1. The monoisotopic (exact) mass is 291 g/mol. The number of pyridine rings is 1. The van der Waals surface area contributed by atoms with Gasteiger partial charge in [-0.15, -0.1) is 0 Å². The van der Waals surface area contributed by atoms with Crippen molar-refractivity contribution in [3.63, 3.8) is 0 Å². The molecule has 5 heteroatoms. The third kappa shape index (κ3) is 4.51. The molecule has 1 saturated heterocycles. The van der Waals surface area contributed by atoms with E-state index in [0.717, 1.165) is 38.2 Å². The number of carbonyl (C=O) groups excluding carboxylic acids is 1. The highest BCUT2D eigenvalue weighted by Crippen LogP contribution is 2.30. The Morgan fingerprint density at radius 1 is 1.52 bits per heavy atom. The van der Waals surface area contributed by atoms with Crippen molar-refractivity contribution in [2.75, 3.05) is 33.4 Å². The molecule has 0 aliphatic carbocycles. The van der Waals surface area contributed by atoms with Gasteiger partial charge in [0, 0.05) is 32.9 Å². The molecule has 0 aromatic carbocycles. The number of nitrogens with zero attached hydrogens (tertiary/aromatic N) is 2. The van der Waals surface area contributed by atoms with Crippen LogP contribution in [0.25, 0.3) is 0 Å². The van der Waals surface area contributed by atoms with E-state index in [-0.39, 0.29) is 11.3 Å². The van der Waals surface area contributed by atoms with Crippen molar-refractivity contribution in [2.45, 2.75) is 26.3 Å². The highest BCUT2D eigenvalue weighted by atomic mass is 16.5. The summed E-state index contributed by atoms with van der Waals surface area (Å²) in [6.07, 6.45) is 3.79. The van der Waals surface area contributed by atoms with Crippen LogP contribution >= 0.6 is 0 Å². The minimum atomic E-state index is -0.319. The number of ether oxygens (including phenoxy) is 1. The van der Waals surface area contributed by atoms with Gasteiger partial charge in [-0.25, -0.2) is 0 Å². The fraction of sp³-hybridized carbons (Fsp3) is 0.625. The molecule has 2 heterocycles. The first-order valence-corrected chi connectivity index (χ1v) is 7.53. The van der Waals surface area contributed by atoms with Gasteiger partial charge in [-0.1, -0.05) is 6.07 Å². The van der Waals surface area contributed by atoms with Crippen LogP contribution in [0.15, 0.2) is 24.4 Å². The molecule has 21 heavy (non-hydrogen) atoms. The molecule has 1 aliphatic heterocycles. The van der Waals surface area contributed by atoms with Gasteiger partial charge >= 0.3 is 0 Å². The zero-order valence-electron chi connectivity index (χ0n) is 13.0. The van der Waals surface area contributed by atoms with Gasteiger partial charge in [0.15, 0.2) is 0 Å². The van der Waals surface area contributed by atoms with Crippen LogP contribution < -0.4 is 5.32 Å². The standard InChI is InChI=1S/C16H25N3O2/c1-16(15(20)18-9-11-21-2)7-5-10-19(13-16)12-14-6-3-4-8-17-14/h3-4,6,8H,5,7,9-13H2,1-2H3,(H,18,20). The molecule has 0 saturated carbocycles. The van der Waals surface area contributed by atoms with E-state index in [1.165, 1.54) is 0 Å². The van der Waals surface area contributed by atoms with E-state index in [9.17, 15) is 4.79 Å². The first kappa shape index (κ1) is 15.9. The summed E-state index contributed by atoms with van der Waals surface area (Å²) >= 11 is 0. The third-order valence-corrected chi connectivity index (χ3v) is 4.03. The molecule has 1 unspecified atom stereocenters. The number of nitrogens with one attached hydrogen (secondary N) is 1. The van der Waals surface area contributed by atoms with E-state index in [2.05, 4.69) is 22.1 Å². The predicted molar refractivity (Wildman–Crippen MR) is 81.7 cm³/mol. The Morgan fingerprint density at radius 2 is 2.38 bits per heavy atom. The molecular weight excluding hydrogens is 266 g/mol. The Kier molecular flexibility index (Phi) is 5.70. The van der Waals surface area contributed by atoms with E-state index in [0.29, 0.717) is 13.2 Å². The van der Waals surface area contributed by atoms with Gasteiger partial charge in [0.1, 0.15) is 0 Å². The lowest BCUT2D eigenvalue weighted by molar-refractivity contribution is -0.133. The Balaban J connectivity index is 1.91. The second-order valence-corrected chi connectivity index (χ2v) is 5.94. The quantitative estimate of drug-likeness (QED) is 0.806. The normalized spacial score (nSPS) is 23.0. The Bertz CT molecular complexity index is 452. The van der Waals surface area contributed by atoms with Crippen LogP contribution in [0.2, 0.25) is 0 Å². The Morgan fingerprint density at radius 3 is 3.10 bits per heavy atom. The summed E-state index contributed by atoms with van der Waals surface area (Å²) in [5, 5.41) is 2.97. The Labute approximate surface area is 126 Å². The van der Waals surface area contributed by atoms with E-state index in [1.807, 2.05) is 24.4 Å². The van der Waals surface area contributed by atoms with E-state index in [1.54, 1.807) is 7.11 Å². The number of methoxy groups -OCH3 is 1. The summed E-state index contributed by atoms with van der Waals surface area (Å²) < 4.78 is 4.98. The molecule has 0 bridgehead atoms. The van der Waals surface area contributed by atoms with Gasteiger partial charge < -0.3 is 10.1 Å². The number of aromatic nitrogens is 1. The van der Waals surface area contributed by atoms with Crippen molar-refractivity contribution in [1.82, 2.24) is 15.2 Å². The van der Waals surface area contributed by atoms with Crippen LogP contribution in [-0.4, -0.2) is 49.1 Å². The second kappa shape index (κ2) is 7.52.